The summed E-state index contributed by atoms with van der Waals surface area (Å²) in [7, 11) is 0. The number of amides is 1. The molecule has 0 spiro atoms. The van der Waals surface area contributed by atoms with Crippen LogP contribution in [-0.2, 0) is 4.79 Å². The molecule has 1 aliphatic heterocycles. The van der Waals surface area contributed by atoms with Gasteiger partial charge in [-0.25, -0.2) is 0 Å². The molecule has 1 fully saturated rings. The number of carbonyl (C=O) groups excluding carboxylic acids is 1. The highest BCUT2D eigenvalue weighted by molar-refractivity contribution is 7.99. The number of benzene rings is 1. The van der Waals surface area contributed by atoms with Crippen molar-refractivity contribution in [2.24, 2.45) is 0 Å². The highest BCUT2D eigenvalue weighted by Gasteiger charge is 2.08. The fourth-order valence-electron chi connectivity index (χ4n) is 2.62. The lowest BCUT2D eigenvalue weighted by Gasteiger charge is -2.27. The number of piperazine rings is 1. The number of hydrogen-bond acceptors (Lipinski definition) is 4. The molecule has 136 valence electrons. The molecule has 1 aliphatic rings. The molecular formula is C18H30ClN3OS. The number of halogens is 1. The molecule has 0 aliphatic carbocycles. The van der Waals surface area contributed by atoms with E-state index in [1.807, 2.05) is 0 Å². The van der Waals surface area contributed by atoms with Crippen molar-refractivity contribution >= 4 is 30.1 Å². The predicted molar refractivity (Wildman–Crippen MR) is 105 cm³/mol. The summed E-state index contributed by atoms with van der Waals surface area (Å²) in [5, 5.41) is 6.39. The molecule has 1 aromatic rings. The molecular weight excluding hydrogens is 342 g/mol. The van der Waals surface area contributed by atoms with Crippen LogP contribution in [0.5, 0.6) is 0 Å². The third-order valence-corrected chi connectivity index (χ3v) is 5.25. The first kappa shape index (κ1) is 21.3. The third kappa shape index (κ3) is 7.88. The van der Waals surface area contributed by atoms with Crippen LogP contribution in [-0.4, -0.2) is 55.8 Å². The molecule has 2 rings (SSSR count). The van der Waals surface area contributed by atoms with Gasteiger partial charge in [0, 0.05) is 49.8 Å². The van der Waals surface area contributed by atoms with E-state index in [0.29, 0.717) is 6.42 Å². The molecule has 4 nitrogen and oxygen atoms in total. The average Bonchev–Trinajstić information content (AvgIpc) is 2.56. The average molecular weight is 372 g/mol. The van der Waals surface area contributed by atoms with Crippen LogP contribution in [0.25, 0.3) is 0 Å². The summed E-state index contributed by atoms with van der Waals surface area (Å²) in [6.45, 7) is 10.5. The molecule has 0 aromatic heterocycles. The minimum absolute atomic E-state index is 0. The first-order chi connectivity index (χ1) is 11.1. The van der Waals surface area contributed by atoms with Crippen LogP contribution in [0, 0.1) is 13.8 Å². The standard InChI is InChI=1S/C18H29N3OS.ClH/c1-15-4-5-17(14-16(15)2)23-13-6-18(22)20-7-3-10-21-11-8-19-9-12-21;/h4-5,14,19H,3,6-13H2,1-2H3,(H,20,22);1H. The van der Waals surface area contributed by atoms with Gasteiger partial charge in [-0.2, -0.15) is 0 Å². The van der Waals surface area contributed by atoms with Crippen molar-refractivity contribution in [2.75, 3.05) is 45.0 Å². The Balaban J connectivity index is 0.00000288. The Morgan fingerprint density at radius 1 is 1.25 bits per heavy atom. The van der Waals surface area contributed by atoms with Crippen LogP contribution in [0.4, 0.5) is 0 Å². The first-order valence-electron chi connectivity index (χ1n) is 8.55. The lowest BCUT2D eigenvalue weighted by Crippen LogP contribution is -2.44. The Kier molecular flexibility index (Phi) is 10.4. The van der Waals surface area contributed by atoms with Crippen LogP contribution in [0.3, 0.4) is 0 Å². The van der Waals surface area contributed by atoms with Gasteiger partial charge in [-0.1, -0.05) is 6.07 Å². The molecule has 24 heavy (non-hydrogen) atoms. The minimum Gasteiger partial charge on any atom is -0.356 e. The summed E-state index contributed by atoms with van der Waals surface area (Å²) in [6, 6.07) is 6.48. The van der Waals surface area contributed by atoms with Crippen LogP contribution < -0.4 is 10.6 Å². The second kappa shape index (κ2) is 11.7. The molecule has 2 N–H and O–H groups in total. The Bertz CT molecular complexity index is 507. The Morgan fingerprint density at radius 3 is 2.71 bits per heavy atom. The largest absolute Gasteiger partial charge is 0.356 e. The van der Waals surface area contributed by atoms with Gasteiger partial charge in [-0.15, -0.1) is 24.2 Å². The van der Waals surface area contributed by atoms with Gasteiger partial charge in [0.05, 0.1) is 0 Å². The predicted octanol–water partition coefficient (Wildman–Crippen LogP) is 2.62. The zero-order valence-electron chi connectivity index (χ0n) is 14.8. The number of aryl methyl sites for hydroxylation is 2. The summed E-state index contributed by atoms with van der Waals surface area (Å²) in [5.41, 5.74) is 2.63. The van der Waals surface area contributed by atoms with E-state index >= 15 is 0 Å². The van der Waals surface area contributed by atoms with Gasteiger partial charge in [0.2, 0.25) is 5.91 Å². The Labute approximate surface area is 156 Å². The van der Waals surface area contributed by atoms with Crippen molar-refractivity contribution in [1.29, 1.82) is 0 Å². The molecule has 1 amide bonds. The van der Waals surface area contributed by atoms with Gasteiger partial charge in [-0.3, -0.25) is 4.79 Å². The quantitative estimate of drug-likeness (QED) is 0.544. The smallest absolute Gasteiger partial charge is 0.220 e. The fraction of sp³-hybridized carbons (Fsp3) is 0.611. The van der Waals surface area contributed by atoms with Crippen LogP contribution in [0.15, 0.2) is 23.1 Å². The van der Waals surface area contributed by atoms with E-state index in [0.717, 1.165) is 51.4 Å². The summed E-state index contributed by atoms with van der Waals surface area (Å²) >= 11 is 1.76. The maximum Gasteiger partial charge on any atom is 0.220 e. The number of nitrogens with zero attached hydrogens (tertiary/aromatic N) is 1. The molecule has 0 radical (unpaired) electrons. The van der Waals surface area contributed by atoms with Crippen molar-refractivity contribution in [3.05, 3.63) is 29.3 Å². The molecule has 1 heterocycles. The molecule has 1 aromatic carbocycles. The van der Waals surface area contributed by atoms with Gasteiger partial charge in [0.1, 0.15) is 0 Å². The number of nitrogens with one attached hydrogen (secondary N) is 2. The lowest BCUT2D eigenvalue weighted by atomic mass is 10.1. The summed E-state index contributed by atoms with van der Waals surface area (Å²) < 4.78 is 0. The highest BCUT2D eigenvalue weighted by Crippen LogP contribution is 2.21. The van der Waals surface area contributed by atoms with E-state index in [-0.39, 0.29) is 18.3 Å². The SMILES string of the molecule is Cc1ccc(SCCC(=O)NCCCN2CCNCC2)cc1C.Cl. The zero-order chi connectivity index (χ0) is 16.5. The van der Waals surface area contributed by atoms with Crippen LogP contribution in [0.1, 0.15) is 24.0 Å². The lowest BCUT2D eigenvalue weighted by molar-refractivity contribution is -0.120. The summed E-state index contributed by atoms with van der Waals surface area (Å²) in [4.78, 5) is 15.6. The second-order valence-electron chi connectivity index (χ2n) is 6.14. The van der Waals surface area contributed by atoms with Crippen molar-refractivity contribution in [2.45, 2.75) is 31.6 Å². The van der Waals surface area contributed by atoms with Gasteiger partial charge < -0.3 is 15.5 Å². The van der Waals surface area contributed by atoms with E-state index in [1.165, 1.54) is 16.0 Å². The fourth-order valence-corrected chi connectivity index (χ4v) is 3.57. The van der Waals surface area contributed by atoms with Crippen molar-refractivity contribution in [3.63, 3.8) is 0 Å². The van der Waals surface area contributed by atoms with Crippen molar-refractivity contribution in [3.8, 4) is 0 Å². The van der Waals surface area contributed by atoms with Gasteiger partial charge in [0.25, 0.3) is 0 Å². The number of hydrogen-bond donors (Lipinski definition) is 2. The van der Waals surface area contributed by atoms with Crippen LogP contribution in [0.2, 0.25) is 0 Å². The maximum absolute atomic E-state index is 11.9. The van der Waals surface area contributed by atoms with Crippen molar-refractivity contribution < 1.29 is 4.79 Å². The number of carbonyl (C=O) groups is 1. The van der Waals surface area contributed by atoms with E-state index in [4.69, 9.17) is 0 Å². The summed E-state index contributed by atoms with van der Waals surface area (Å²) in [5.74, 6) is 1.01. The van der Waals surface area contributed by atoms with E-state index in [2.05, 4.69) is 47.6 Å². The third-order valence-electron chi connectivity index (χ3n) is 4.26. The molecule has 1 saturated heterocycles. The molecule has 0 bridgehead atoms. The normalized spacial score (nSPS) is 14.9. The number of rotatable bonds is 8. The monoisotopic (exact) mass is 371 g/mol. The topological polar surface area (TPSA) is 44.4 Å². The summed E-state index contributed by atoms with van der Waals surface area (Å²) in [6.07, 6.45) is 1.63. The van der Waals surface area contributed by atoms with Crippen LogP contribution >= 0.6 is 24.2 Å². The van der Waals surface area contributed by atoms with Crippen molar-refractivity contribution in [1.82, 2.24) is 15.5 Å². The highest BCUT2D eigenvalue weighted by atomic mass is 35.5. The zero-order valence-corrected chi connectivity index (χ0v) is 16.4. The molecule has 0 saturated carbocycles. The number of thioether (sulfide) groups is 1. The second-order valence-corrected chi connectivity index (χ2v) is 7.31. The molecule has 0 unspecified atom stereocenters. The van der Waals surface area contributed by atoms with E-state index < -0.39 is 0 Å². The minimum atomic E-state index is 0. The van der Waals surface area contributed by atoms with Gasteiger partial charge in [0.15, 0.2) is 0 Å². The maximum atomic E-state index is 11.9. The van der Waals surface area contributed by atoms with E-state index in [9.17, 15) is 4.79 Å². The van der Waals surface area contributed by atoms with Gasteiger partial charge >= 0.3 is 0 Å². The molecule has 0 atom stereocenters. The first-order valence-corrected chi connectivity index (χ1v) is 9.53. The Hall–Kier alpha value is -0.750. The van der Waals surface area contributed by atoms with E-state index in [1.54, 1.807) is 11.8 Å². The van der Waals surface area contributed by atoms with Gasteiger partial charge in [-0.05, 0) is 50.1 Å². The molecule has 6 heteroatoms. The Morgan fingerprint density at radius 2 is 2.00 bits per heavy atom.